The molecular weight excluding hydrogens is 375 g/mol. The minimum atomic E-state index is -3.24. The third-order valence-corrected chi connectivity index (χ3v) is 6.71. The number of hydrogen-bond donors (Lipinski definition) is 0. The normalized spacial score (nSPS) is 16.7. The number of rotatable bonds is 6. The summed E-state index contributed by atoms with van der Waals surface area (Å²) in [6.07, 6.45) is 0. The van der Waals surface area contributed by atoms with Crippen LogP contribution in [-0.4, -0.2) is 56.7 Å². The zero-order chi connectivity index (χ0) is 18.6. The van der Waals surface area contributed by atoms with Gasteiger partial charge >= 0.3 is 0 Å². The van der Waals surface area contributed by atoms with Gasteiger partial charge in [0.1, 0.15) is 5.82 Å². The minimum absolute atomic E-state index is 0.126. The molecule has 2 aromatic carbocycles. The fourth-order valence-corrected chi connectivity index (χ4v) is 4.59. The summed E-state index contributed by atoms with van der Waals surface area (Å²) in [5, 5.41) is 0.446. The summed E-state index contributed by atoms with van der Waals surface area (Å²) in [5.41, 5.74) is 0.910. The molecule has 7 heteroatoms. The molecule has 4 nitrogen and oxygen atoms in total. The lowest BCUT2D eigenvalue weighted by atomic mass is 10.2. The van der Waals surface area contributed by atoms with Gasteiger partial charge in [-0.2, -0.15) is 0 Å². The summed E-state index contributed by atoms with van der Waals surface area (Å²) >= 11 is 6.09. The summed E-state index contributed by atoms with van der Waals surface area (Å²) in [7, 11) is -3.24. The summed E-state index contributed by atoms with van der Waals surface area (Å²) in [5.74, 6) is -0.205. The number of benzene rings is 2. The van der Waals surface area contributed by atoms with Gasteiger partial charge in [0.25, 0.3) is 0 Å². The van der Waals surface area contributed by atoms with Crippen LogP contribution in [-0.2, 0) is 16.4 Å². The zero-order valence-electron chi connectivity index (χ0n) is 14.4. The number of sulfone groups is 1. The van der Waals surface area contributed by atoms with Gasteiger partial charge in [0.2, 0.25) is 0 Å². The van der Waals surface area contributed by atoms with Crippen molar-refractivity contribution >= 4 is 21.4 Å². The van der Waals surface area contributed by atoms with E-state index in [4.69, 9.17) is 11.6 Å². The Morgan fingerprint density at radius 2 is 1.62 bits per heavy atom. The number of nitrogens with zero attached hydrogens (tertiary/aromatic N) is 2. The van der Waals surface area contributed by atoms with Crippen LogP contribution < -0.4 is 0 Å². The van der Waals surface area contributed by atoms with Crippen molar-refractivity contribution < 1.29 is 12.8 Å². The third kappa shape index (κ3) is 5.04. The molecule has 1 aliphatic rings. The van der Waals surface area contributed by atoms with E-state index < -0.39 is 9.84 Å². The maximum absolute atomic E-state index is 13.1. The van der Waals surface area contributed by atoms with Gasteiger partial charge in [-0.15, -0.1) is 0 Å². The molecule has 26 heavy (non-hydrogen) atoms. The van der Waals surface area contributed by atoms with E-state index in [1.165, 1.54) is 12.1 Å². The smallest absolute Gasteiger partial charge is 0.179 e. The van der Waals surface area contributed by atoms with E-state index in [9.17, 15) is 12.8 Å². The van der Waals surface area contributed by atoms with Crippen molar-refractivity contribution in [2.24, 2.45) is 0 Å². The maximum Gasteiger partial charge on any atom is 0.179 e. The van der Waals surface area contributed by atoms with Crippen LogP contribution in [0.2, 0.25) is 5.02 Å². The van der Waals surface area contributed by atoms with Gasteiger partial charge in [0.05, 0.1) is 10.6 Å². The van der Waals surface area contributed by atoms with Gasteiger partial charge in [-0.1, -0.05) is 35.9 Å². The minimum Gasteiger partial charge on any atom is -0.300 e. The highest BCUT2D eigenvalue weighted by atomic mass is 35.5. The second-order valence-electron chi connectivity index (χ2n) is 6.49. The van der Waals surface area contributed by atoms with Gasteiger partial charge in [0.15, 0.2) is 9.84 Å². The van der Waals surface area contributed by atoms with Gasteiger partial charge in [-0.3, -0.25) is 9.80 Å². The Bertz CT molecular complexity index is 838. The number of piperazine rings is 1. The first-order chi connectivity index (χ1) is 12.4. The van der Waals surface area contributed by atoms with Gasteiger partial charge < -0.3 is 0 Å². The molecular formula is C19H22ClFN2O2S. The molecule has 0 atom stereocenters. The summed E-state index contributed by atoms with van der Waals surface area (Å²) in [6, 6.07) is 13.0. The topological polar surface area (TPSA) is 40.6 Å². The van der Waals surface area contributed by atoms with Crippen LogP contribution in [0.15, 0.2) is 53.4 Å². The standard InChI is InChI=1S/C19H22ClFN2O2S/c20-19-14-17(21)7-6-16(19)15-23-10-8-22(9-11-23)12-13-26(24,25)18-4-2-1-3-5-18/h1-7,14H,8-13,15H2. The molecule has 2 aromatic rings. The molecule has 0 N–H and O–H groups in total. The molecule has 0 aromatic heterocycles. The average Bonchev–Trinajstić information content (AvgIpc) is 2.64. The van der Waals surface area contributed by atoms with Crippen LogP contribution in [0.1, 0.15) is 5.56 Å². The summed E-state index contributed by atoms with van der Waals surface area (Å²) in [4.78, 5) is 4.80. The van der Waals surface area contributed by atoms with E-state index in [0.717, 1.165) is 31.7 Å². The van der Waals surface area contributed by atoms with Crippen molar-refractivity contribution in [1.82, 2.24) is 9.80 Å². The largest absolute Gasteiger partial charge is 0.300 e. The Morgan fingerprint density at radius 1 is 0.962 bits per heavy atom. The average molecular weight is 397 g/mol. The Kier molecular flexibility index (Phi) is 6.29. The summed E-state index contributed by atoms with van der Waals surface area (Å²) in [6.45, 7) is 4.49. The van der Waals surface area contributed by atoms with E-state index in [1.54, 1.807) is 30.3 Å². The molecule has 0 bridgehead atoms. The Labute approximate surface area is 159 Å². The molecule has 1 saturated heterocycles. The third-order valence-electron chi connectivity index (χ3n) is 4.65. The fourth-order valence-electron chi connectivity index (χ4n) is 3.06. The molecule has 0 amide bonds. The fraction of sp³-hybridized carbons (Fsp3) is 0.368. The monoisotopic (exact) mass is 396 g/mol. The highest BCUT2D eigenvalue weighted by Crippen LogP contribution is 2.20. The first-order valence-electron chi connectivity index (χ1n) is 8.60. The number of hydrogen-bond acceptors (Lipinski definition) is 4. The van der Waals surface area contributed by atoms with Crippen molar-refractivity contribution in [3.8, 4) is 0 Å². The second-order valence-corrected chi connectivity index (χ2v) is 9.00. The lowest BCUT2D eigenvalue weighted by Gasteiger charge is -2.34. The SMILES string of the molecule is O=S(=O)(CCN1CCN(Cc2ccc(F)cc2Cl)CC1)c1ccccc1. The molecule has 140 valence electrons. The number of halogens is 2. The van der Waals surface area contributed by atoms with Crippen LogP contribution in [0.25, 0.3) is 0 Å². The predicted octanol–water partition coefficient (Wildman–Crippen LogP) is 3.07. The Hall–Kier alpha value is -1.47. The van der Waals surface area contributed by atoms with Crippen molar-refractivity contribution in [1.29, 1.82) is 0 Å². The van der Waals surface area contributed by atoms with E-state index in [2.05, 4.69) is 9.80 Å². The van der Waals surface area contributed by atoms with Gasteiger partial charge in [-0.25, -0.2) is 12.8 Å². The van der Waals surface area contributed by atoms with Crippen molar-refractivity contribution in [2.75, 3.05) is 38.5 Å². The highest BCUT2D eigenvalue weighted by molar-refractivity contribution is 7.91. The molecule has 1 fully saturated rings. The van der Waals surface area contributed by atoms with Crippen molar-refractivity contribution in [2.45, 2.75) is 11.4 Å². The second kappa shape index (κ2) is 8.48. The van der Waals surface area contributed by atoms with Crippen LogP contribution in [0.4, 0.5) is 4.39 Å². The van der Waals surface area contributed by atoms with E-state index >= 15 is 0 Å². The Morgan fingerprint density at radius 3 is 2.27 bits per heavy atom. The molecule has 1 aliphatic heterocycles. The highest BCUT2D eigenvalue weighted by Gasteiger charge is 2.21. The van der Waals surface area contributed by atoms with Crippen LogP contribution >= 0.6 is 11.6 Å². The maximum atomic E-state index is 13.1. The zero-order valence-corrected chi connectivity index (χ0v) is 16.0. The van der Waals surface area contributed by atoms with Crippen LogP contribution in [0.3, 0.4) is 0 Å². The lowest BCUT2D eigenvalue weighted by molar-refractivity contribution is 0.132. The molecule has 0 unspecified atom stereocenters. The quantitative estimate of drug-likeness (QED) is 0.752. The van der Waals surface area contributed by atoms with Gasteiger partial charge in [-0.05, 0) is 29.8 Å². The van der Waals surface area contributed by atoms with Crippen LogP contribution in [0.5, 0.6) is 0 Å². The molecule has 3 rings (SSSR count). The van der Waals surface area contributed by atoms with Crippen molar-refractivity contribution in [3.05, 3.63) is 64.9 Å². The molecule has 0 radical (unpaired) electrons. The predicted molar refractivity (Wildman–Crippen MR) is 102 cm³/mol. The summed E-state index contributed by atoms with van der Waals surface area (Å²) < 4.78 is 37.9. The Balaban J connectivity index is 1.48. The van der Waals surface area contributed by atoms with Crippen LogP contribution in [0, 0.1) is 5.82 Å². The molecule has 0 aliphatic carbocycles. The lowest BCUT2D eigenvalue weighted by Crippen LogP contribution is -2.47. The molecule has 0 spiro atoms. The first-order valence-corrected chi connectivity index (χ1v) is 10.6. The molecule has 1 heterocycles. The molecule has 0 saturated carbocycles. The van der Waals surface area contributed by atoms with E-state index in [0.29, 0.717) is 23.0 Å². The van der Waals surface area contributed by atoms with E-state index in [1.807, 2.05) is 6.07 Å². The van der Waals surface area contributed by atoms with Gasteiger partial charge in [0, 0.05) is 44.3 Å². The first kappa shape index (κ1) is 19.3. The van der Waals surface area contributed by atoms with E-state index in [-0.39, 0.29) is 11.6 Å². The van der Waals surface area contributed by atoms with Crippen molar-refractivity contribution in [3.63, 3.8) is 0 Å².